The SMILES string of the molecule is CC(C)C1CCCN1c1ccncc1CCl. The number of alkyl halides is 1. The number of rotatable bonds is 3. The molecule has 1 aliphatic heterocycles. The van der Waals surface area contributed by atoms with Crippen molar-refractivity contribution >= 4 is 17.3 Å². The summed E-state index contributed by atoms with van der Waals surface area (Å²) in [5, 5.41) is 0. The molecule has 1 saturated heterocycles. The van der Waals surface area contributed by atoms with Crippen LogP contribution in [0.1, 0.15) is 32.3 Å². The molecule has 0 saturated carbocycles. The van der Waals surface area contributed by atoms with Crippen LogP contribution in [0.25, 0.3) is 0 Å². The van der Waals surface area contributed by atoms with Gasteiger partial charge in [0.05, 0.1) is 5.88 Å². The van der Waals surface area contributed by atoms with E-state index in [2.05, 4.69) is 29.8 Å². The monoisotopic (exact) mass is 238 g/mol. The van der Waals surface area contributed by atoms with Crippen LogP contribution in [0.2, 0.25) is 0 Å². The predicted octanol–water partition coefficient (Wildman–Crippen LogP) is 3.45. The highest BCUT2D eigenvalue weighted by Gasteiger charge is 2.28. The van der Waals surface area contributed by atoms with Gasteiger partial charge in [-0.05, 0) is 24.8 Å². The molecule has 1 atom stereocenters. The van der Waals surface area contributed by atoms with Crippen molar-refractivity contribution in [2.24, 2.45) is 5.92 Å². The lowest BCUT2D eigenvalue weighted by molar-refractivity contribution is 0.491. The van der Waals surface area contributed by atoms with Crippen molar-refractivity contribution in [1.29, 1.82) is 0 Å². The van der Waals surface area contributed by atoms with E-state index >= 15 is 0 Å². The third-order valence-corrected chi connectivity index (χ3v) is 3.69. The molecule has 0 bridgehead atoms. The second-order valence-corrected chi connectivity index (χ2v) is 5.05. The van der Waals surface area contributed by atoms with E-state index in [4.69, 9.17) is 11.6 Å². The number of halogens is 1. The smallest absolute Gasteiger partial charge is 0.0509 e. The van der Waals surface area contributed by atoms with Gasteiger partial charge in [0.2, 0.25) is 0 Å². The Balaban J connectivity index is 2.28. The minimum absolute atomic E-state index is 0.546. The second kappa shape index (κ2) is 5.05. The summed E-state index contributed by atoms with van der Waals surface area (Å²) in [7, 11) is 0. The molecule has 16 heavy (non-hydrogen) atoms. The van der Waals surface area contributed by atoms with E-state index in [1.54, 1.807) is 0 Å². The maximum Gasteiger partial charge on any atom is 0.0509 e. The fourth-order valence-corrected chi connectivity index (χ4v) is 2.79. The van der Waals surface area contributed by atoms with E-state index in [0.29, 0.717) is 17.8 Å². The van der Waals surface area contributed by atoms with Gasteiger partial charge in [-0.15, -0.1) is 11.6 Å². The Kier molecular flexibility index (Phi) is 3.70. The van der Waals surface area contributed by atoms with Gasteiger partial charge in [0.1, 0.15) is 0 Å². The summed E-state index contributed by atoms with van der Waals surface area (Å²) in [6.07, 6.45) is 6.33. The molecule has 1 unspecified atom stereocenters. The average Bonchev–Trinajstić information content (AvgIpc) is 2.77. The lowest BCUT2D eigenvalue weighted by atomic mass is 10.0. The normalized spacial score (nSPS) is 20.8. The van der Waals surface area contributed by atoms with Crippen molar-refractivity contribution in [1.82, 2.24) is 4.98 Å². The average molecular weight is 239 g/mol. The van der Waals surface area contributed by atoms with Crippen LogP contribution in [0.3, 0.4) is 0 Å². The maximum absolute atomic E-state index is 5.97. The van der Waals surface area contributed by atoms with Crippen molar-refractivity contribution in [3.05, 3.63) is 24.0 Å². The summed E-state index contributed by atoms with van der Waals surface area (Å²) < 4.78 is 0. The Morgan fingerprint density at radius 2 is 2.38 bits per heavy atom. The predicted molar refractivity (Wildman–Crippen MR) is 69.0 cm³/mol. The summed E-state index contributed by atoms with van der Waals surface area (Å²) in [5.74, 6) is 1.24. The molecular formula is C13H19ClN2. The number of pyridine rings is 1. The molecule has 1 aliphatic rings. The highest BCUT2D eigenvalue weighted by molar-refractivity contribution is 6.17. The first-order chi connectivity index (χ1) is 7.74. The highest BCUT2D eigenvalue weighted by atomic mass is 35.5. The molecule has 1 aromatic heterocycles. The molecule has 0 aliphatic carbocycles. The Morgan fingerprint density at radius 1 is 1.56 bits per heavy atom. The first kappa shape index (κ1) is 11.7. The number of hydrogen-bond acceptors (Lipinski definition) is 2. The maximum atomic E-state index is 5.97. The lowest BCUT2D eigenvalue weighted by Gasteiger charge is -2.31. The van der Waals surface area contributed by atoms with E-state index in [1.807, 2.05) is 12.4 Å². The number of aromatic nitrogens is 1. The Labute approximate surface area is 103 Å². The molecule has 0 N–H and O–H groups in total. The van der Waals surface area contributed by atoms with E-state index in [-0.39, 0.29) is 0 Å². The van der Waals surface area contributed by atoms with Gasteiger partial charge in [0.15, 0.2) is 0 Å². The van der Waals surface area contributed by atoms with Gasteiger partial charge in [-0.1, -0.05) is 13.8 Å². The zero-order valence-corrected chi connectivity index (χ0v) is 10.7. The van der Waals surface area contributed by atoms with Gasteiger partial charge in [-0.3, -0.25) is 4.98 Å². The van der Waals surface area contributed by atoms with Crippen LogP contribution < -0.4 is 4.90 Å². The van der Waals surface area contributed by atoms with E-state index < -0.39 is 0 Å². The summed E-state index contributed by atoms with van der Waals surface area (Å²) in [6, 6.07) is 2.75. The molecule has 0 amide bonds. The van der Waals surface area contributed by atoms with Gasteiger partial charge in [0.25, 0.3) is 0 Å². The van der Waals surface area contributed by atoms with Crippen molar-refractivity contribution < 1.29 is 0 Å². The van der Waals surface area contributed by atoms with Gasteiger partial charge in [0, 0.05) is 36.2 Å². The van der Waals surface area contributed by atoms with E-state index in [9.17, 15) is 0 Å². The van der Waals surface area contributed by atoms with E-state index in [1.165, 1.54) is 18.5 Å². The third-order valence-electron chi connectivity index (χ3n) is 3.40. The minimum atomic E-state index is 0.546. The van der Waals surface area contributed by atoms with Gasteiger partial charge in [-0.2, -0.15) is 0 Å². The molecule has 0 spiro atoms. The minimum Gasteiger partial charge on any atom is -0.368 e. The fourth-order valence-electron chi connectivity index (χ4n) is 2.59. The van der Waals surface area contributed by atoms with Gasteiger partial charge >= 0.3 is 0 Å². The van der Waals surface area contributed by atoms with Crippen LogP contribution in [0.4, 0.5) is 5.69 Å². The molecule has 2 nitrogen and oxygen atoms in total. The standard InChI is InChI=1S/C13H19ClN2/c1-10(2)12-4-3-7-16(12)13-5-6-15-9-11(13)8-14/h5-6,9-10,12H,3-4,7-8H2,1-2H3. The first-order valence-corrected chi connectivity index (χ1v) is 6.53. The molecule has 2 rings (SSSR count). The van der Waals surface area contributed by atoms with Crippen molar-refractivity contribution in [3.63, 3.8) is 0 Å². The van der Waals surface area contributed by atoms with Crippen LogP contribution in [-0.2, 0) is 5.88 Å². The van der Waals surface area contributed by atoms with Crippen LogP contribution in [0.15, 0.2) is 18.5 Å². The highest BCUT2D eigenvalue weighted by Crippen LogP contribution is 2.32. The van der Waals surface area contributed by atoms with Crippen LogP contribution >= 0.6 is 11.6 Å². The number of nitrogens with zero attached hydrogens (tertiary/aromatic N) is 2. The third kappa shape index (κ3) is 2.17. The quantitative estimate of drug-likeness (QED) is 0.750. The van der Waals surface area contributed by atoms with Crippen LogP contribution in [0.5, 0.6) is 0 Å². The van der Waals surface area contributed by atoms with Gasteiger partial charge in [-0.25, -0.2) is 0 Å². The molecule has 0 radical (unpaired) electrons. The summed E-state index contributed by atoms with van der Waals surface area (Å²) >= 11 is 5.97. The largest absolute Gasteiger partial charge is 0.368 e. The van der Waals surface area contributed by atoms with Crippen LogP contribution in [-0.4, -0.2) is 17.6 Å². The lowest BCUT2D eigenvalue weighted by Crippen LogP contribution is -2.33. The van der Waals surface area contributed by atoms with E-state index in [0.717, 1.165) is 12.1 Å². The molecular weight excluding hydrogens is 220 g/mol. The van der Waals surface area contributed by atoms with Crippen LogP contribution in [0, 0.1) is 5.92 Å². The second-order valence-electron chi connectivity index (χ2n) is 4.79. The molecule has 0 aromatic carbocycles. The van der Waals surface area contributed by atoms with Crippen molar-refractivity contribution in [2.45, 2.75) is 38.6 Å². The zero-order chi connectivity index (χ0) is 11.5. The fraction of sp³-hybridized carbons (Fsp3) is 0.615. The Morgan fingerprint density at radius 3 is 3.06 bits per heavy atom. The summed E-state index contributed by atoms with van der Waals surface area (Å²) in [4.78, 5) is 6.65. The van der Waals surface area contributed by atoms with Gasteiger partial charge < -0.3 is 4.90 Å². The summed E-state index contributed by atoms with van der Waals surface area (Å²) in [6.45, 7) is 5.74. The molecule has 2 heterocycles. The molecule has 1 aromatic rings. The topological polar surface area (TPSA) is 16.1 Å². The zero-order valence-electron chi connectivity index (χ0n) is 9.99. The Bertz CT molecular complexity index is 352. The Hall–Kier alpha value is -0.760. The first-order valence-electron chi connectivity index (χ1n) is 5.99. The molecule has 3 heteroatoms. The summed E-state index contributed by atoms with van der Waals surface area (Å²) in [5.41, 5.74) is 2.43. The van der Waals surface area contributed by atoms with Crippen molar-refractivity contribution in [2.75, 3.05) is 11.4 Å². The number of anilines is 1. The van der Waals surface area contributed by atoms with Crippen molar-refractivity contribution in [3.8, 4) is 0 Å². The molecule has 1 fully saturated rings. The number of hydrogen-bond donors (Lipinski definition) is 0. The molecule has 88 valence electrons.